The second kappa shape index (κ2) is 8.51. The van der Waals surface area contributed by atoms with E-state index in [-0.39, 0.29) is 0 Å². The van der Waals surface area contributed by atoms with Crippen molar-refractivity contribution in [1.29, 1.82) is 0 Å². The van der Waals surface area contributed by atoms with Crippen molar-refractivity contribution >= 4 is 5.96 Å². The van der Waals surface area contributed by atoms with Gasteiger partial charge in [-0.25, -0.2) is 4.99 Å². The molecule has 5 nitrogen and oxygen atoms in total. The zero-order valence-electron chi connectivity index (χ0n) is 13.8. The topological polar surface area (TPSA) is 54.9 Å². The highest BCUT2D eigenvalue weighted by Crippen LogP contribution is 2.27. The zero-order chi connectivity index (χ0) is 15.8. The van der Waals surface area contributed by atoms with Gasteiger partial charge in [0.25, 0.3) is 0 Å². The molecule has 22 heavy (non-hydrogen) atoms. The van der Waals surface area contributed by atoms with E-state index in [1.165, 1.54) is 25.7 Å². The second-order valence-electron chi connectivity index (χ2n) is 5.51. The molecule has 0 saturated heterocycles. The van der Waals surface area contributed by atoms with Crippen LogP contribution in [0.4, 0.5) is 0 Å². The van der Waals surface area contributed by atoms with Gasteiger partial charge in [0.2, 0.25) is 0 Å². The van der Waals surface area contributed by atoms with Gasteiger partial charge in [0.05, 0.1) is 20.8 Å². The van der Waals surface area contributed by atoms with Crippen molar-refractivity contribution in [3.63, 3.8) is 0 Å². The molecule has 1 fully saturated rings. The molecule has 0 bridgehead atoms. The van der Waals surface area contributed by atoms with Crippen LogP contribution in [0.15, 0.2) is 23.2 Å². The van der Waals surface area contributed by atoms with Gasteiger partial charge < -0.3 is 20.1 Å². The van der Waals surface area contributed by atoms with Crippen molar-refractivity contribution in [2.24, 2.45) is 4.99 Å². The van der Waals surface area contributed by atoms with Crippen molar-refractivity contribution in [3.05, 3.63) is 23.8 Å². The third kappa shape index (κ3) is 4.55. The highest BCUT2D eigenvalue weighted by Gasteiger charge is 2.15. The number of methoxy groups -OCH3 is 2. The van der Waals surface area contributed by atoms with Gasteiger partial charge in [-0.1, -0.05) is 18.9 Å². The predicted octanol–water partition coefficient (Wildman–Crippen LogP) is 2.70. The zero-order valence-corrected chi connectivity index (χ0v) is 13.8. The molecule has 0 aliphatic heterocycles. The van der Waals surface area contributed by atoms with Crippen LogP contribution in [0.1, 0.15) is 38.2 Å². The first-order valence-corrected chi connectivity index (χ1v) is 8.02. The minimum atomic E-state index is 0.559. The summed E-state index contributed by atoms with van der Waals surface area (Å²) in [6, 6.07) is 6.47. The largest absolute Gasteiger partial charge is 0.493 e. The summed E-state index contributed by atoms with van der Waals surface area (Å²) < 4.78 is 10.6. The fraction of sp³-hybridized carbons (Fsp3) is 0.588. The van der Waals surface area contributed by atoms with Crippen LogP contribution in [0, 0.1) is 0 Å². The number of nitrogens with one attached hydrogen (secondary N) is 2. The van der Waals surface area contributed by atoms with Gasteiger partial charge >= 0.3 is 0 Å². The fourth-order valence-corrected chi connectivity index (χ4v) is 2.73. The van der Waals surface area contributed by atoms with Gasteiger partial charge in [0, 0.05) is 12.6 Å². The van der Waals surface area contributed by atoms with Crippen molar-refractivity contribution < 1.29 is 9.47 Å². The Morgan fingerprint density at radius 1 is 1.18 bits per heavy atom. The van der Waals surface area contributed by atoms with Gasteiger partial charge in [-0.3, -0.25) is 0 Å². The normalized spacial score (nSPS) is 15.7. The Kier molecular flexibility index (Phi) is 6.37. The molecule has 1 saturated carbocycles. The van der Waals surface area contributed by atoms with Crippen LogP contribution in [0.2, 0.25) is 0 Å². The summed E-state index contributed by atoms with van der Waals surface area (Å²) in [4.78, 5) is 4.68. The van der Waals surface area contributed by atoms with Crippen LogP contribution < -0.4 is 20.1 Å². The molecule has 0 spiro atoms. The molecule has 0 amide bonds. The summed E-state index contributed by atoms with van der Waals surface area (Å²) in [5.41, 5.74) is 1.10. The Hall–Kier alpha value is -1.91. The Morgan fingerprint density at radius 2 is 1.91 bits per heavy atom. The molecule has 1 aliphatic carbocycles. The summed E-state index contributed by atoms with van der Waals surface area (Å²) in [6.45, 7) is 3.56. The lowest BCUT2D eigenvalue weighted by atomic mass is 10.2. The van der Waals surface area contributed by atoms with Gasteiger partial charge in [-0.2, -0.15) is 0 Å². The second-order valence-corrected chi connectivity index (χ2v) is 5.51. The molecule has 2 rings (SSSR count). The van der Waals surface area contributed by atoms with Gasteiger partial charge in [0.15, 0.2) is 17.5 Å². The fourth-order valence-electron chi connectivity index (χ4n) is 2.73. The highest BCUT2D eigenvalue weighted by atomic mass is 16.5. The molecule has 0 radical (unpaired) electrons. The molecule has 0 unspecified atom stereocenters. The number of rotatable bonds is 6. The highest BCUT2D eigenvalue weighted by molar-refractivity contribution is 5.80. The summed E-state index contributed by atoms with van der Waals surface area (Å²) >= 11 is 0. The van der Waals surface area contributed by atoms with Gasteiger partial charge in [0.1, 0.15) is 0 Å². The Labute approximate surface area is 133 Å². The predicted molar refractivity (Wildman–Crippen MR) is 89.8 cm³/mol. The van der Waals surface area contributed by atoms with Crippen molar-refractivity contribution in [2.75, 3.05) is 20.8 Å². The third-order valence-corrected chi connectivity index (χ3v) is 3.91. The van der Waals surface area contributed by atoms with E-state index in [9.17, 15) is 0 Å². The lowest BCUT2D eigenvalue weighted by Gasteiger charge is -2.16. The molecule has 0 heterocycles. The van der Waals surface area contributed by atoms with Gasteiger partial charge in [-0.15, -0.1) is 0 Å². The summed E-state index contributed by atoms with van der Waals surface area (Å²) in [7, 11) is 3.29. The minimum absolute atomic E-state index is 0.559. The average Bonchev–Trinajstić information content (AvgIpc) is 3.05. The van der Waals surface area contributed by atoms with E-state index in [1.807, 2.05) is 18.2 Å². The Bertz CT molecular complexity index is 497. The molecule has 1 aliphatic rings. The number of aliphatic imine (C=N–C) groups is 1. The summed E-state index contributed by atoms with van der Waals surface area (Å²) in [5.74, 6) is 2.37. The quantitative estimate of drug-likeness (QED) is 0.627. The number of guanidine groups is 1. The van der Waals surface area contributed by atoms with E-state index in [0.29, 0.717) is 12.6 Å². The average molecular weight is 305 g/mol. The van der Waals surface area contributed by atoms with E-state index < -0.39 is 0 Å². The summed E-state index contributed by atoms with van der Waals surface area (Å²) in [5, 5.41) is 6.84. The molecule has 1 aromatic rings. The van der Waals surface area contributed by atoms with Crippen LogP contribution in [0.3, 0.4) is 0 Å². The maximum absolute atomic E-state index is 5.33. The maximum Gasteiger partial charge on any atom is 0.191 e. The molecule has 2 N–H and O–H groups in total. The first-order valence-electron chi connectivity index (χ1n) is 8.02. The molecule has 122 valence electrons. The molecule has 5 heteroatoms. The minimum Gasteiger partial charge on any atom is -0.493 e. The summed E-state index contributed by atoms with van der Waals surface area (Å²) in [6.07, 6.45) is 5.10. The lowest BCUT2D eigenvalue weighted by Crippen LogP contribution is -2.42. The third-order valence-electron chi connectivity index (χ3n) is 3.91. The van der Waals surface area contributed by atoms with E-state index in [4.69, 9.17) is 9.47 Å². The standard InChI is InChI=1S/C17H27N3O2/c1-4-18-17(20-14-7-5-6-8-14)19-12-13-9-10-15(21-2)16(11-13)22-3/h9-11,14H,4-8,12H2,1-3H3,(H2,18,19,20). The number of benzene rings is 1. The first kappa shape index (κ1) is 16.5. The van der Waals surface area contributed by atoms with E-state index in [0.717, 1.165) is 29.6 Å². The van der Waals surface area contributed by atoms with E-state index >= 15 is 0 Å². The van der Waals surface area contributed by atoms with Crippen LogP contribution in [0.5, 0.6) is 11.5 Å². The molecule has 1 aromatic carbocycles. The first-order chi connectivity index (χ1) is 10.8. The van der Waals surface area contributed by atoms with Crippen LogP contribution >= 0.6 is 0 Å². The number of hydrogen-bond acceptors (Lipinski definition) is 3. The molecular weight excluding hydrogens is 278 g/mol. The van der Waals surface area contributed by atoms with Crippen LogP contribution in [-0.4, -0.2) is 32.8 Å². The van der Waals surface area contributed by atoms with Crippen LogP contribution in [-0.2, 0) is 6.54 Å². The monoisotopic (exact) mass is 305 g/mol. The molecule has 0 aromatic heterocycles. The Morgan fingerprint density at radius 3 is 2.55 bits per heavy atom. The smallest absolute Gasteiger partial charge is 0.191 e. The van der Waals surface area contributed by atoms with Crippen molar-refractivity contribution in [2.45, 2.75) is 45.2 Å². The number of ether oxygens (including phenoxy) is 2. The Balaban J connectivity index is 2.02. The maximum atomic E-state index is 5.33. The van der Waals surface area contributed by atoms with Crippen molar-refractivity contribution in [3.8, 4) is 11.5 Å². The number of hydrogen-bond donors (Lipinski definition) is 2. The molecule has 0 atom stereocenters. The lowest BCUT2D eigenvalue weighted by molar-refractivity contribution is 0.354. The van der Waals surface area contributed by atoms with E-state index in [2.05, 4.69) is 22.5 Å². The van der Waals surface area contributed by atoms with E-state index in [1.54, 1.807) is 14.2 Å². The molecular formula is C17H27N3O2. The van der Waals surface area contributed by atoms with Crippen LogP contribution in [0.25, 0.3) is 0 Å². The SMILES string of the molecule is CCNC(=NCc1ccc(OC)c(OC)c1)NC1CCCC1. The van der Waals surface area contributed by atoms with Crippen molar-refractivity contribution in [1.82, 2.24) is 10.6 Å². The number of nitrogens with zero attached hydrogens (tertiary/aromatic N) is 1. The van der Waals surface area contributed by atoms with Gasteiger partial charge in [-0.05, 0) is 37.5 Å².